The fourth-order valence-corrected chi connectivity index (χ4v) is 1.97. The van der Waals surface area contributed by atoms with Crippen molar-refractivity contribution in [3.05, 3.63) is 64.9 Å². The molecule has 0 saturated heterocycles. The number of nitrogens with one attached hydrogen (secondary N) is 2. The van der Waals surface area contributed by atoms with E-state index in [0.29, 0.717) is 11.6 Å². The van der Waals surface area contributed by atoms with Crippen LogP contribution in [0.2, 0.25) is 5.02 Å². The van der Waals surface area contributed by atoms with Gasteiger partial charge in [0, 0.05) is 17.8 Å². The lowest BCUT2D eigenvalue weighted by molar-refractivity contribution is 0.237. The molecule has 0 aliphatic rings. The summed E-state index contributed by atoms with van der Waals surface area (Å²) in [4.78, 5) is 16.0. The van der Waals surface area contributed by atoms with Crippen LogP contribution in [0.1, 0.15) is 24.2 Å². The second-order valence-corrected chi connectivity index (χ2v) is 4.80. The number of carbonyl (C=O) groups excluding carboxylic acids is 1. The maximum absolute atomic E-state index is 11.8. The molecular formula is C15H16ClN3O. The topological polar surface area (TPSA) is 54.0 Å². The molecule has 0 unspecified atom stereocenters. The minimum absolute atomic E-state index is 0.151. The van der Waals surface area contributed by atoms with Crippen molar-refractivity contribution in [2.24, 2.45) is 0 Å². The zero-order chi connectivity index (χ0) is 14.4. The predicted molar refractivity (Wildman–Crippen MR) is 79.5 cm³/mol. The van der Waals surface area contributed by atoms with Crippen LogP contribution in [-0.4, -0.2) is 11.0 Å². The number of hydrogen-bond acceptors (Lipinski definition) is 2. The Kier molecular flexibility index (Phi) is 4.96. The van der Waals surface area contributed by atoms with Crippen LogP contribution < -0.4 is 10.6 Å². The molecule has 0 saturated carbocycles. The number of amides is 2. The number of pyridine rings is 1. The summed E-state index contributed by atoms with van der Waals surface area (Å²) in [5.41, 5.74) is 1.70. The van der Waals surface area contributed by atoms with Crippen LogP contribution in [0.3, 0.4) is 0 Å². The normalized spacial score (nSPS) is 11.7. The molecule has 2 aromatic rings. The first-order valence-electron chi connectivity index (χ1n) is 6.35. The van der Waals surface area contributed by atoms with E-state index in [9.17, 15) is 4.79 Å². The number of benzene rings is 1. The SMILES string of the molecule is C[C@@H](NC(=O)NCc1ccccc1Cl)c1ccccn1. The predicted octanol–water partition coefficient (Wildman–Crippen LogP) is 3.30. The largest absolute Gasteiger partial charge is 0.334 e. The Morgan fingerprint density at radius 1 is 1.25 bits per heavy atom. The Bertz CT molecular complexity index is 574. The maximum atomic E-state index is 11.8. The molecule has 104 valence electrons. The number of rotatable bonds is 4. The van der Waals surface area contributed by atoms with Crippen LogP contribution in [0.5, 0.6) is 0 Å². The van der Waals surface area contributed by atoms with Crippen molar-refractivity contribution in [3.8, 4) is 0 Å². The zero-order valence-electron chi connectivity index (χ0n) is 11.1. The summed E-state index contributed by atoms with van der Waals surface area (Å²) in [5.74, 6) is 0. The van der Waals surface area contributed by atoms with Gasteiger partial charge in [0.05, 0.1) is 11.7 Å². The standard InChI is InChI=1S/C15H16ClN3O/c1-11(14-8-4-5-9-17-14)19-15(20)18-10-12-6-2-3-7-13(12)16/h2-9,11H,10H2,1H3,(H2,18,19,20)/t11-/m1/s1. The van der Waals surface area contributed by atoms with Gasteiger partial charge in [-0.25, -0.2) is 4.79 Å². The minimum Gasteiger partial charge on any atom is -0.334 e. The van der Waals surface area contributed by atoms with Gasteiger partial charge in [-0.1, -0.05) is 35.9 Å². The van der Waals surface area contributed by atoms with E-state index in [1.807, 2.05) is 43.3 Å². The third-order valence-corrected chi connectivity index (χ3v) is 3.24. The van der Waals surface area contributed by atoms with Gasteiger partial charge in [0.2, 0.25) is 0 Å². The molecule has 0 bridgehead atoms. The van der Waals surface area contributed by atoms with E-state index in [1.165, 1.54) is 0 Å². The monoisotopic (exact) mass is 289 g/mol. The number of halogens is 1. The Morgan fingerprint density at radius 2 is 2.00 bits per heavy atom. The van der Waals surface area contributed by atoms with Crippen LogP contribution in [0.25, 0.3) is 0 Å². The number of carbonyl (C=O) groups is 1. The van der Waals surface area contributed by atoms with E-state index in [4.69, 9.17) is 11.6 Å². The highest BCUT2D eigenvalue weighted by atomic mass is 35.5. The van der Waals surface area contributed by atoms with E-state index >= 15 is 0 Å². The summed E-state index contributed by atoms with van der Waals surface area (Å²) < 4.78 is 0. The molecule has 1 atom stereocenters. The molecule has 1 heterocycles. The summed E-state index contributed by atoms with van der Waals surface area (Å²) in [6, 6.07) is 12.6. The highest BCUT2D eigenvalue weighted by Crippen LogP contribution is 2.14. The molecule has 0 aliphatic heterocycles. The number of hydrogen-bond donors (Lipinski definition) is 2. The second kappa shape index (κ2) is 6.91. The fourth-order valence-electron chi connectivity index (χ4n) is 1.77. The average molecular weight is 290 g/mol. The fraction of sp³-hybridized carbons (Fsp3) is 0.200. The molecule has 2 amide bonds. The van der Waals surface area contributed by atoms with E-state index < -0.39 is 0 Å². The molecule has 5 heteroatoms. The van der Waals surface area contributed by atoms with E-state index in [2.05, 4.69) is 15.6 Å². The third-order valence-electron chi connectivity index (χ3n) is 2.88. The summed E-state index contributed by atoms with van der Waals surface area (Å²) in [7, 11) is 0. The molecule has 4 nitrogen and oxygen atoms in total. The molecule has 20 heavy (non-hydrogen) atoms. The quantitative estimate of drug-likeness (QED) is 0.907. The van der Waals surface area contributed by atoms with E-state index in [0.717, 1.165) is 11.3 Å². The van der Waals surface area contributed by atoms with Crippen molar-refractivity contribution >= 4 is 17.6 Å². The van der Waals surface area contributed by atoms with Crippen LogP contribution in [0, 0.1) is 0 Å². The Labute approximate surface area is 123 Å². The molecule has 1 aromatic heterocycles. The van der Waals surface area contributed by atoms with Gasteiger partial charge >= 0.3 is 6.03 Å². The van der Waals surface area contributed by atoms with Crippen molar-refractivity contribution in [1.82, 2.24) is 15.6 Å². The number of aromatic nitrogens is 1. The van der Waals surface area contributed by atoms with Gasteiger partial charge in [-0.2, -0.15) is 0 Å². The molecule has 0 spiro atoms. The maximum Gasteiger partial charge on any atom is 0.315 e. The summed E-state index contributed by atoms with van der Waals surface area (Å²) >= 11 is 6.03. The first-order valence-corrected chi connectivity index (χ1v) is 6.73. The van der Waals surface area contributed by atoms with Crippen LogP contribution in [0.4, 0.5) is 4.79 Å². The first kappa shape index (κ1) is 14.3. The second-order valence-electron chi connectivity index (χ2n) is 4.39. The highest BCUT2D eigenvalue weighted by Gasteiger charge is 2.10. The van der Waals surface area contributed by atoms with E-state index in [-0.39, 0.29) is 12.1 Å². The summed E-state index contributed by atoms with van der Waals surface area (Å²) in [6.07, 6.45) is 1.70. The lowest BCUT2D eigenvalue weighted by Gasteiger charge is -2.14. The molecule has 0 radical (unpaired) electrons. The van der Waals surface area contributed by atoms with Crippen LogP contribution in [-0.2, 0) is 6.54 Å². The molecule has 0 fully saturated rings. The lowest BCUT2D eigenvalue weighted by Crippen LogP contribution is -2.36. The minimum atomic E-state index is -0.247. The molecular weight excluding hydrogens is 274 g/mol. The smallest absolute Gasteiger partial charge is 0.315 e. The first-order chi connectivity index (χ1) is 9.66. The summed E-state index contributed by atoms with van der Waals surface area (Å²) in [5, 5.41) is 6.25. The number of urea groups is 1. The summed E-state index contributed by atoms with van der Waals surface area (Å²) in [6.45, 7) is 2.28. The molecule has 1 aromatic carbocycles. The van der Waals surface area contributed by atoms with Crippen molar-refractivity contribution in [1.29, 1.82) is 0 Å². The van der Waals surface area contributed by atoms with Crippen LogP contribution in [0.15, 0.2) is 48.7 Å². The Balaban J connectivity index is 1.86. The molecule has 2 N–H and O–H groups in total. The van der Waals surface area contributed by atoms with Crippen molar-refractivity contribution in [2.45, 2.75) is 19.5 Å². The van der Waals surface area contributed by atoms with E-state index in [1.54, 1.807) is 12.3 Å². The van der Waals surface area contributed by atoms with Gasteiger partial charge in [-0.05, 0) is 30.7 Å². The average Bonchev–Trinajstić information content (AvgIpc) is 2.47. The van der Waals surface area contributed by atoms with Gasteiger partial charge < -0.3 is 10.6 Å². The zero-order valence-corrected chi connectivity index (χ0v) is 11.9. The lowest BCUT2D eigenvalue weighted by atomic mass is 10.2. The Morgan fingerprint density at radius 3 is 2.70 bits per heavy atom. The van der Waals surface area contributed by atoms with Gasteiger partial charge in [0.1, 0.15) is 0 Å². The van der Waals surface area contributed by atoms with Crippen molar-refractivity contribution in [3.63, 3.8) is 0 Å². The van der Waals surface area contributed by atoms with Gasteiger partial charge in [0.15, 0.2) is 0 Å². The van der Waals surface area contributed by atoms with Crippen molar-refractivity contribution in [2.75, 3.05) is 0 Å². The van der Waals surface area contributed by atoms with Gasteiger partial charge in [0.25, 0.3) is 0 Å². The molecule has 0 aliphatic carbocycles. The van der Waals surface area contributed by atoms with Crippen LogP contribution >= 0.6 is 11.6 Å². The Hall–Kier alpha value is -2.07. The highest BCUT2D eigenvalue weighted by molar-refractivity contribution is 6.31. The van der Waals surface area contributed by atoms with Gasteiger partial charge in [-0.15, -0.1) is 0 Å². The third kappa shape index (κ3) is 3.96. The molecule has 2 rings (SSSR count). The number of nitrogens with zero attached hydrogens (tertiary/aromatic N) is 1. The van der Waals surface area contributed by atoms with Gasteiger partial charge in [-0.3, -0.25) is 4.98 Å². The van der Waals surface area contributed by atoms with Crippen molar-refractivity contribution < 1.29 is 4.79 Å².